The molecule has 0 fully saturated rings. The molecule has 0 atom stereocenters. The molecule has 1 aromatic carbocycles. The second-order valence-corrected chi connectivity index (χ2v) is 5.77. The van der Waals surface area contributed by atoms with Crippen molar-refractivity contribution >= 4 is 15.7 Å². The molecule has 4 N–H and O–H groups in total. The Kier molecular flexibility index (Phi) is 4.98. The zero-order valence-corrected chi connectivity index (χ0v) is 11.5. The van der Waals surface area contributed by atoms with Gasteiger partial charge in [0.2, 0.25) is 10.0 Å². The van der Waals surface area contributed by atoms with Crippen molar-refractivity contribution < 1.29 is 13.2 Å². The largest absolute Gasteiger partial charge is 0.493 e. The second-order valence-electron chi connectivity index (χ2n) is 4.24. The van der Waals surface area contributed by atoms with Crippen molar-refractivity contribution in [1.82, 2.24) is 0 Å². The summed E-state index contributed by atoms with van der Waals surface area (Å²) in [7, 11) is -3.77. The van der Waals surface area contributed by atoms with Gasteiger partial charge in [-0.15, -0.1) is 0 Å². The van der Waals surface area contributed by atoms with Gasteiger partial charge in [-0.1, -0.05) is 26.7 Å². The molecule has 0 saturated carbocycles. The summed E-state index contributed by atoms with van der Waals surface area (Å²) in [5.41, 5.74) is 5.75. The van der Waals surface area contributed by atoms with E-state index in [-0.39, 0.29) is 10.6 Å². The van der Waals surface area contributed by atoms with Crippen molar-refractivity contribution in [3.63, 3.8) is 0 Å². The molecule has 18 heavy (non-hydrogen) atoms. The maximum Gasteiger partial charge on any atom is 0.240 e. The van der Waals surface area contributed by atoms with Crippen LogP contribution in [0.25, 0.3) is 0 Å². The molecular formula is C12H20N2O3S. The van der Waals surface area contributed by atoms with Gasteiger partial charge in [0.15, 0.2) is 0 Å². The Labute approximate surface area is 108 Å². The van der Waals surface area contributed by atoms with Gasteiger partial charge in [0.25, 0.3) is 0 Å². The highest BCUT2D eigenvalue weighted by Gasteiger charge is 2.13. The van der Waals surface area contributed by atoms with Crippen molar-refractivity contribution in [2.45, 2.75) is 31.6 Å². The Morgan fingerprint density at radius 1 is 1.28 bits per heavy atom. The van der Waals surface area contributed by atoms with Crippen LogP contribution in [0.3, 0.4) is 0 Å². The van der Waals surface area contributed by atoms with Crippen LogP contribution in [-0.2, 0) is 10.0 Å². The predicted molar refractivity (Wildman–Crippen MR) is 71.8 cm³/mol. The molecule has 6 heteroatoms. The number of nitrogens with two attached hydrogens (primary N) is 2. The first-order chi connectivity index (χ1) is 8.38. The maximum atomic E-state index is 11.2. The SMILES string of the molecule is CCC(CC)COc1ccc(S(N)(=O)=O)c(N)c1. The highest BCUT2D eigenvalue weighted by molar-refractivity contribution is 7.89. The van der Waals surface area contributed by atoms with E-state index in [1.165, 1.54) is 12.1 Å². The van der Waals surface area contributed by atoms with Gasteiger partial charge in [0.05, 0.1) is 12.3 Å². The summed E-state index contributed by atoms with van der Waals surface area (Å²) in [4.78, 5) is -0.0719. The van der Waals surface area contributed by atoms with Crippen LogP contribution in [0.1, 0.15) is 26.7 Å². The number of rotatable bonds is 6. The average molecular weight is 272 g/mol. The highest BCUT2D eigenvalue weighted by atomic mass is 32.2. The van der Waals surface area contributed by atoms with Crippen LogP contribution in [0, 0.1) is 5.92 Å². The summed E-state index contributed by atoms with van der Waals surface area (Å²) in [6.07, 6.45) is 2.09. The van der Waals surface area contributed by atoms with Crippen molar-refractivity contribution in [3.8, 4) is 5.75 Å². The minimum atomic E-state index is -3.77. The molecule has 0 radical (unpaired) electrons. The van der Waals surface area contributed by atoms with Gasteiger partial charge in [-0.2, -0.15) is 0 Å². The molecule has 0 heterocycles. The molecule has 0 aromatic heterocycles. The van der Waals surface area contributed by atoms with Gasteiger partial charge < -0.3 is 10.5 Å². The van der Waals surface area contributed by atoms with E-state index in [2.05, 4.69) is 13.8 Å². The molecular weight excluding hydrogens is 252 g/mol. The molecule has 0 spiro atoms. The minimum absolute atomic E-state index is 0.0719. The number of sulfonamides is 1. The Hall–Kier alpha value is -1.27. The van der Waals surface area contributed by atoms with E-state index >= 15 is 0 Å². The molecule has 0 unspecified atom stereocenters. The third-order valence-corrected chi connectivity index (χ3v) is 3.91. The van der Waals surface area contributed by atoms with E-state index in [1.807, 2.05) is 0 Å². The van der Waals surface area contributed by atoms with Crippen molar-refractivity contribution in [2.75, 3.05) is 12.3 Å². The maximum absolute atomic E-state index is 11.2. The van der Waals surface area contributed by atoms with Crippen molar-refractivity contribution in [2.24, 2.45) is 11.1 Å². The fraction of sp³-hybridized carbons (Fsp3) is 0.500. The summed E-state index contributed by atoms with van der Waals surface area (Å²) in [5, 5.41) is 5.02. The number of primary sulfonamides is 1. The van der Waals surface area contributed by atoms with Gasteiger partial charge in [0.1, 0.15) is 10.6 Å². The Morgan fingerprint density at radius 3 is 2.33 bits per heavy atom. The topological polar surface area (TPSA) is 95.4 Å². The Balaban J connectivity index is 2.79. The molecule has 0 amide bonds. The number of hydrogen-bond donors (Lipinski definition) is 2. The highest BCUT2D eigenvalue weighted by Crippen LogP contribution is 2.23. The third-order valence-electron chi connectivity index (χ3n) is 2.93. The van der Waals surface area contributed by atoms with Crippen LogP contribution in [0.5, 0.6) is 5.75 Å². The van der Waals surface area contributed by atoms with Crippen molar-refractivity contribution in [1.29, 1.82) is 0 Å². The average Bonchev–Trinajstić information content (AvgIpc) is 2.28. The second kappa shape index (κ2) is 6.06. The first kappa shape index (κ1) is 14.8. The molecule has 0 aliphatic carbocycles. The van der Waals surface area contributed by atoms with Gasteiger partial charge >= 0.3 is 0 Å². The number of ether oxygens (including phenoxy) is 1. The summed E-state index contributed by atoms with van der Waals surface area (Å²) in [6, 6.07) is 4.42. The summed E-state index contributed by atoms with van der Waals surface area (Å²) in [6.45, 7) is 4.81. The minimum Gasteiger partial charge on any atom is -0.493 e. The Morgan fingerprint density at radius 2 is 1.89 bits per heavy atom. The van der Waals surface area contributed by atoms with Crippen LogP contribution < -0.4 is 15.6 Å². The van der Waals surface area contributed by atoms with Crippen LogP contribution in [0.2, 0.25) is 0 Å². The fourth-order valence-corrected chi connectivity index (χ4v) is 2.26. The zero-order chi connectivity index (χ0) is 13.8. The Bertz CT molecular complexity index is 496. The monoisotopic (exact) mass is 272 g/mol. The quantitative estimate of drug-likeness (QED) is 0.771. The first-order valence-corrected chi connectivity index (χ1v) is 7.48. The number of hydrogen-bond acceptors (Lipinski definition) is 4. The zero-order valence-electron chi connectivity index (χ0n) is 10.7. The van der Waals surface area contributed by atoms with Gasteiger partial charge in [-0.3, -0.25) is 0 Å². The van der Waals surface area contributed by atoms with Crippen LogP contribution in [0.4, 0.5) is 5.69 Å². The predicted octanol–water partition coefficient (Wildman–Crippen LogP) is 1.73. The normalized spacial score (nSPS) is 11.8. The number of nitrogen functional groups attached to an aromatic ring is 1. The van der Waals surface area contributed by atoms with Crippen LogP contribution in [0.15, 0.2) is 23.1 Å². The number of benzene rings is 1. The first-order valence-electron chi connectivity index (χ1n) is 5.93. The van der Waals surface area contributed by atoms with E-state index in [4.69, 9.17) is 15.6 Å². The lowest BCUT2D eigenvalue weighted by Crippen LogP contribution is -2.15. The number of anilines is 1. The van der Waals surface area contributed by atoms with Crippen LogP contribution in [-0.4, -0.2) is 15.0 Å². The molecule has 1 rings (SSSR count). The lowest BCUT2D eigenvalue weighted by molar-refractivity contribution is 0.240. The molecule has 5 nitrogen and oxygen atoms in total. The summed E-state index contributed by atoms with van der Waals surface area (Å²) >= 11 is 0. The molecule has 0 bridgehead atoms. The summed E-state index contributed by atoms with van der Waals surface area (Å²) in [5.74, 6) is 1.05. The third kappa shape index (κ3) is 3.89. The van der Waals surface area contributed by atoms with Gasteiger partial charge in [-0.05, 0) is 18.1 Å². The summed E-state index contributed by atoms with van der Waals surface area (Å²) < 4.78 is 27.9. The van der Waals surface area contributed by atoms with E-state index in [9.17, 15) is 8.42 Å². The van der Waals surface area contributed by atoms with E-state index in [0.29, 0.717) is 18.3 Å². The lowest BCUT2D eigenvalue weighted by atomic mass is 10.1. The van der Waals surface area contributed by atoms with Gasteiger partial charge in [-0.25, -0.2) is 13.6 Å². The van der Waals surface area contributed by atoms with Crippen molar-refractivity contribution in [3.05, 3.63) is 18.2 Å². The van der Waals surface area contributed by atoms with Gasteiger partial charge in [0, 0.05) is 6.07 Å². The molecule has 1 aromatic rings. The molecule has 0 aliphatic heterocycles. The van der Waals surface area contributed by atoms with E-state index in [0.717, 1.165) is 12.8 Å². The molecule has 102 valence electrons. The lowest BCUT2D eigenvalue weighted by Gasteiger charge is -2.14. The smallest absolute Gasteiger partial charge is 0.240 e. The van der Waals surface area contributed by atoms with Crippen LogP contribution >= 0.6 is 0 Å². The van der Waals surface area contributed by atoms with E-state index < -0.39 is 10.0 Å². The van der Waals surface area contributed by atoms with E-state index in [1.54, 1.807) is 6.07 Å². The molecule has 0 saturated heterocycles. The molecule has 0 aliphatic rings. The standard InChI is InChI=1S/C12H20N2O3S/c1-3-9(4-2)8-17-10-5-6-12(11(13)7-10)18(14,15)16/h5-7,9H,3-4,8,13H2,1-2H3,(H2,14,15,16). The fourth-order valence-electron chi connectivity index (χ4n) is 1.61.